The van der Waals surface area contributed by atoms with E-state index < -0.39 is 23.3 Å². The number of pyridine rings is 1. The van der Waals surface area contributed by atoms with Gasteiger partial charge in [0.15, 0.2) is 11.4 Å². The number of hydrogen-bond donors (Lipinski definition) is 2. The van der Waals surface area contributed by atoms with E-state index in [4.69, 9.17) is 9.57 Å². The third-order valence-corrected chi connectivity index (χ3v) is 4.55. The molecular weight excluding hydrogens is 400 g/mol. The summed E-state index contributed by atoms with van der Waals surface area (Å²) in [5, 5.41) is 6.40. The van der Waals surface area contributed by atoms with Crippen LogP contribution in [0.4, 0.5) is 5.82 Å². The molecule has 0 bridgehead atoms. The highest BCUT2D eigenvalue weighted by Crippen LogP contribution is 2.25. The first-order chi connectivity index (χ1) is 14.6. The maximum atomic E-state index is 12.8. The van der Waals surface area contributed by atoms with Crippen molar-refractivity contribution in [3.8, 4) is 5.75 Å². The summed E-state index contributed by atoms with van der Waals surface area (Å²) in [6.45, 7) is 6.98. The van der Waals surface area contributed by atoms with Gasteiger partial charge in [-0.25, -0.2) is 4.98 Å². The summed E-state index contributed by atoms with van der Waals surface area (Å²) >= 11 is 0. The Hall–Kier alpha value is -3.46. The number of hydrogen-bond acceptors (Lipinski definition) is 6. The van der Waals surface area contributed by atoms with E-state index in [-0.39, 0.29) is 18.1 Å². The Labute approximate surface area is 180 Å². The summed E-state index contributed by atoms with van der Waals surface area (Å²) in [6, 6.07) is 12.3. The quantitative estimate of drug-likeness (QED) is 0.378. The van der Waals surface area contributed by atoms with Crippen molar-refractivity contribution in [3.05, 3.63) is 54.2 Å². The van der Waals surface area contributed by atoms with Gasteiger partial charge in [0, 0.05) is 11.8 Å². The average Bonchev–Trinajstić information content (AvgIpc) is 2.72. The van der Waals surface area contributed by atoms with Gasteiger partial charge in [0.1, 0.15) is 5.75 Å². The highest BCUT2D eigenvalue weighted by Gasteiger charge is 2.54. The van der Waals surface area contributed by atoms with E-state index in [1.54, 1.807) is 52.0 Å². The van der Waals surface area contributed by atoms with Crippen LogP contribution in [0.3, 0.4) is 0 Å². The predicted octanol–water partition coefficient (Wildman–Crippen LogP) is 1.73. The Morgan fingerprint density at radius 2 is 1.97 bits per heavy atom. The normalized spacial score (nSPS) is 20.3. The number of nitrogens with zero attached hydrogens (tertiary/aromatic N) is 2. The van der Waals surface area contributed by atoms with Crippen molar-refractivity contribution in [2.45, 2.75) is 51.5 Å². The van der Waals surface area contributed by atoms with Gasteiger partial charge in [-0.2, -0.15) is 5.06 Å². The molecule has 1 aliphatic rings. The summed E-state index contributed by atoms with van der Waals surface area (Å²) in [7, 11) is 0. The molecule has 2 heterocycles. The Balaban J connectivity index is 1.72. The van der Waals surface area contributed by atoms with Gasteiger partial charge in [0.05, 0.1) is 12.0 Å². The zero-order valence-corrected chi connectivity index (χ0v) is 17.9. The van der Waals surface area contributed by atoms with Crippen LogP contribution < -0.4 is 20.4 Å². The first kappa shape index (κ1) is 22.2. The second kappa shape index (κ2) is 8.73. The molecule has 164 valence electrons. The topological polar surface area (TPSA) is 110 Å². The number of aromatic nitrogens is 1. The van der Waals surface area contributed by atoms with Crippen molar-refractivity contribution in [3.63, 3.8) is 0 Å². The van der Waals surface area contributed by atoms with E-state index in [1.807, 2.05) is 18.2 Å². The SMILES string of the molecule is CC(C)(C)ON(C=O)c1ncccc1CC(=O)N[C@]1(C)C(=O)N[C@@H]1Oc1ccccc1. The highest BCUT2D eigenvalue weighted by molar-refractivity contribution is 5.97. The summed E-state index contributed by atoms with van der Waals surface area (Å²) in [6.07, 6.45) is 1.18. The molecule has 0 unspecified atom stereocenters. The van der Waals surface area contributed by atoms with Crippen LogP contribution in [0.1, 0.15) is 33.3 Å². The minimum absolute atomic E-state index is 0.109. The fourth-order valence-electron chi connectivity index (χ4n) is 3.04. The number of hydroxylamine groups is 1. The molecule has 2 atom stereocenters. The molecule has 0 radical (unpaired) electrons. The molecule has 9 nitrogen and oxygen atoms in total. The lowest BCUT2D eigenvalue weighted by molar-refractivity contribution is -0.153. The molecule has 0 saturated carbocycles. The summed E-state index contributed by atoms with van der Waals surface area (Å²) in [5.74, 6) is 0.0139. The van der Waals surface area contributed by atoms with E-state index in [1.165, 1.54) is 6.20 Å². The molecule has 1 fully saturated rings. The molecule has 3 rings (SSSR count). The van der Waals surface area contributed by atoms with Crippen molar-refractivity contribution in [1.82, 2.24) is 15.6 Å². The van der Waals surface area contributed by atoms with Crippen LogP contribution >= 0.6 is 0 Å². The number of para-hydroxylation sites is 1. The fraction of sp³-hybridized carbons (Fsp3) is 0.364. The zero-order valence-electron chi connectivity index (χ0n) is 17.9. The Bertz CT molecular complexity index is 960. The maximum absolute atomic E-state index is 12.8. The number of nitrogens with one attached hydrogen (secondary N) is 2. The van der Waals surface area contributed by atoms with Gasteiger partial charge in [-0.3, -0.25) is 19.2 Å². The molecule has 31 heavy (non-hydrogen) atoms. The van der Waals surface area contributed by atoms with Crippen molar-refractivity contribution in [2.75, 3.05) is 5.06 Å². The smallest absolute Gasteiger partial charge is 0.254 e. The lowest BCUT2D eigenvalue weighted by Crippen LogP contribution is -2.79. The average molecular weight is 426 g/mol. The summed E-state index contributed by atoms with van der Waals surface area (Å²) in [5.41, 5.74) is -1.40. The van der Waals surface area contributed by atoms with Crippen molar-refractivity contribution in [1.29, 1.82) is 0 Å². The van der Waals surface area contributed by atoms with Crippen LogP contribution in [0.2, 0.25) is 0 Å². The Morgan fingerprint density at radius 3 is 2.58 bits per heavy atom. The van der Waals surface area contributed by atoms with Gasteiger partial charge in [0.2, 0.25) is 18.5 Å². The lowest BCUT2D eigenvalue weighted by Gasteiger charge is -2.45. The zero-order chi connectivity index (χ0) is 22.6. The Kier molecular flexibility index (Phi) is 6.26. The Morgan fingerprint density at radius 1 is 1.26 bits per heavy atom. The number of anilines is 1. The van der Waals surface area contributed by atoms with Crippen molar-refractivity contribution in [2.24, 2.45) is 0 Å². The molecule has 2 N–H and O–H groups in total. The minimum atomic E-state index is -1.23. The first-order valence-corrected chi connectivity index (χ1v) is 9.83. The van der Waals surface area contributed by atoms with Crippen molar-refractivity contribution >= 4 is 24.0 Å². The van der Waals surface area contributed by atoms with Gasteiger partial charge < -0.3 is 15.4 Å². The first-order valence-electron chi connectivity index (χ1n) is 9.83. The third kappa shape index (κ3) is 5.18. The standard InChI is InChI=1S/C22H26N4O5/c1-21(2,3)31-26(14-27)18-15(9-8-12-23-18)13-17(28)25-22(4)19(29)24-20(22)30-16-10-6-5-7-11-16/h5-12,14,20H,13H2,1-4H3,(H,24,29)(H,25,28)/t20-,22-/m1/s1. The van der Waals surface area contributed by atoms with E-state index in [2.05, 4.69) is 15.6 Å². The van der Waals surface area contributed by atoms with E-state index in [9.17, 15) is 14.4 Å². The van der Waals surface area contributed by atoms with E-state index in [0.717, 1.165) is 5.06 Å². The number of carbonyl (C=O) groups excluding carboxylic acids is 3. The summed E-state index contributed by atoms with van der Waals surface area (Å²) < 4.78 is 5.79. The van der Waals surface area contributed by atoms with E-state index in [0.29, 0.717) is 17.7 Å². The molecule has 0 aliphatic carbocycles. The van der Waals surface area contributed by atoms with Crippen LogP contribution in [0, 0.1) is 0 Å². The number of rotatable bonds is 8. The number of amides is 3. The second-order valence-electron chi connectivity index (χ2n) is 8.33. The van der Waals surface area contributed by atoms with Gasteiger partial charge in [-0.05, 0) is 45.9 Å². The van der Waals surface area contributed by atoms with Crippen molar-refractivity contribution < 1.29 is 24.0 Å². The second-order valence-corrected chi connectivity index (χ2v) is 8.33. The predicted molar refractivity (Wildman–Crippen MR) is 113 cm³/mol. The van der Waals surface area contributed by atoms with Gasteiger partial charge in [0.25, 0.3) is 5.91 Å². The molecular formula is C22H26N4O5. The molecule has 1 aliphatic heterocycles. The number of benzene rings is 1. The largest absolute Gasteiger partial charge is 0.468 e. The minimum Gasteiger partial charge on any atom is -0.468 e. The summed E-state index contributed by atoms with van der Waals surface area (Å²) in [4.78, 5) is 46.4. The van der Waals surface area contributed by atoms with Crippen LogP contribution in [0.15, 0.2) is 48.7 Å². The van der Waals surface area contributed by atoms with Gasteiger partial charge in [-0.15, -0.1) is 0 Å². The van der Waals surface area contributed by atoms with Crippen LogP contribution in [-0.2, 0) is 25.6 Å². The fourth-order valence-corrected chi connectivity index (χ4v) is 3.04. The molecule has 1 saturated heterocycles. The van der Waals surface area contributed by atoms with E-state index >= 15 is 0 Å². The molecule has 0 spiro atoms. The monoisotopic (exact) mass is 426 g/mol. The number of ether oxygens (including phenoxy) is 1. The number of β-lactam (4-membered cyclic amide) rings is 1. The maximum Gasteiger partial charge on any atom is 0.254 e. The van der Waals surface area contributed by atoms with Crippen LogP contribution in [0.25, 0.3) is 0 Å². The lowest BCUT2D eigenvalue weighted by atomic mass is 9.90. The van der Waals surface area contributed by atoms with Gasteiger partial charge in [-0.1, -0.05) is 24.3 Å². The molecule has 1 aromatic carbocycles. The highest BCUT2D eigenvalue weighted by atomic mass is 16.7. The third-order valence-electron chi connectivity index (χ3n) is 4.55. The van der Waals surface area contributed by atoms with Gasteiger partial charge >= 0.3 is 0 Å². The molecule has 9 heteroatoms. The molecule has 3 amide bonds. The van der Waals surface area contributed by atoms with Crippen LogP contribution in [-0.4, -0.2) is 40.6 Å². The molecule has 1 aromatic heterocycles. The molecule has 2 aromatic rings. The van der Waals surface area contributed by atoms with Crippen LogP contribution in [0.5, 0.6) is 5.75 Å². The number of carbonyl (C=O) groups is 3.